The Hall–Kier alpha value is -1.71. The normalized spacial score (nSPS) is 24.7. The van der Waals surface area contributed by atoms with Crippen molar-refractivity contribution in [2.24, 2.45) is 0 Å². The second-order valence-electron chi connectivity index (χ2n) is 6.85. The van der Waals surface area contributed by atoms with E-state index in [1.165, 1.54) is 5.56 Å². The Balaban J connectivity index is 2.01. The van der Waals surface area contributed by atoms with Crippen molar-refractivity contribution in [1.82, 2.24) is 0 Å². The van der Waals surface area contributed by atoms with Crippen LogP contribution >= 0.6 is 0 Å². The van der Waals surface area contributed by atoms with Gasteiger partial charge in [-0.05, 0) is 50.8 Å². The number of rotatable bonds is 3. The zero-order valence-corrected chi connectivity index (χ0v) is 14.2. The van der Waals surface area contributed by atoms with E-state index in [9.17, 15) is 5.21 Å². The third-order valence-electron chi connectivity index (χ3n) is 5.03. The summed E-state index contributed by atoms with van der Waals surface area (Å²) in [6.45, 7) is 8.23. The average Bonchev–Trinajstić information content (AvgIpc) is 3.29. The fourth-order valence-corrected chi connectivity index (χ4v) is 3.35. The molecular weight excluding hydrogens is 278 g/mol. The molecule has 0 aromatic heterocycles. The average molecular weight is 303 g/mol. The summed E-state index contributed by atoms with van der Waals surface area (Å²) < 4.78 is 13.0. The molecule has 1 aliphatic carbocycles. The first-order valence-corrected chi connectivity index (χ1v) is 8.03. The summed E-state index contributed by atoms with van der Waals surface area (Å²) in [7, 11) is 1.72. The van der Waals surface area contributed by atoms with Crippen LogP contribution in [-0.4, -0.2) is 29.7 Å². The maximum atomic E-state index is 12.1. The molecule has 1 heterocycles. The molecule has 1 atom stereocenters. The molecule has 1 aromatic rings. The quantitative estimate of drug-likeness (QED) is 0.372. The summed E-state index contributed by atoms with van der Waals surface area (Å²) in [5.74, 6) is 1.89. The molecule has 2 aliphatic rings. The van der Waals surface area contributed by atoms with Crippen molar-refractivity contribution >= 4 is 6.21 Å². The van der Waals surface area contributed by atoms with Crippen molar-refractivity contribution in [2.45, 2.75) is 65.0 Å². The molecule has 0 radical (unpaired) electrons. The van der Waals surface area contributed by atoms with Crippen molar-refractivity contribution in [1.29, 1.82) is 0 Å². The van der Waals surface area contributed by atoms with E-state index in [1.54, 1.807) is 13.3 Å². The summed E-state index contributed by atoms with van der Waals surface area (Å²) in [5, 5.41) is 12.1. The van der Waals surface area contributed by atoms with Gasteiger partial charge in [-0.25, -0.2) is 4.74 Å². The van der Waals surface area contributed by atoms with Crippen LogP contribution in [0.3, 0.4) is 0 Å². The van der Waals surface area contributed by atoms with Crippen LogP contribution in [0.2, 0.25) is 0 Å². The molecule has 22 heavy (non-hydrogen) atoms. The Morgan fingerprint density at radius 2 is 1.91 bits per heavy atom. The van der Waals surface area contributed by atoms with Gasteiger partial charge in [0.05, 0.1) is 7.11 Å². The minimum absolute atomic E-state index is 0.169. The van der Waals surface area contributed by atoms with Gasteiger partial charge in [-0.15, -0.1) is 0 Å². The molecule has 0 saturated heterocycles. The summed E-state index contributed by atoms with van der Waals surface area (Å²) in [4.78, 5) is 0. The first-order valence-electron chi connectivity index (χ1n) is 8.03. The Kier molecular flexibility index (Phi) is 3.58. The Morgan fingerprint density at radius 1 is 1.23 bits per heavy atom. The van der Waals surface area contributed by atoms with Crippen molar-refractivity contribution in [2.75, 3.05) is 7.11 Å². The lowest BCUT2D eigenvalue weighted by Gasteiger charge is -2.34. The van der Waals surface area contributed by atoms with E-state index >= 15 is 0 Å². The number of hydroxylamine groups is 1. The van der Waals surface area contributed by atoms with Crippen LogP contribution in [0.25, 0.3) is 0 Å². The number of hydrogen-bond acceptors (Lipinski definition) is 3. The van der Waals surface area contributed by atoms with Gasteiger partial charge in [0, 0.05) is 24.8 Å². The Bertz CT molecular complexity index is 646. The van der Waals surface area contributed by atoms with E-state index in [-0.39, 0.29) is 6.04 Å². The first-order chi connectivity index (χ1) is 10.4. The van der Waals surface area contributed by atoms with Crippen LogP contribution in [0.15, 0.2) is 0 Å². The molecule has 1 unspecified atom stereocenters. The van der Waals surface area contributed by atoms with E-state index in [1.807, 2.05) is 6.92 Å². The summed E-state index contributed by atoms with van der Waals surface area (Å²) in [6.07, 6.45) is 5.46. The molecule has 1 aromatic carbocycles. The second kappa shape index (κ2) is 5.18. The number of nitrogens with zero attached hydrogens (tertiary/aromatic N) is 1. The molecule has 1 aliphatic heterocycles. The molecule has 0 spiro atoms. The highest BCUT2D eigenvalue weighted by Gasteiger charge is 2.38. The molecule has 3 rings (SSSR count). The van der Waals surface area contributed by atoms with Gasteiger partial charge in [0.2, 0.25) is 0 Å². The van der Waals surface area contributed by atoms with Gasteiger partial charge in [-0.2, -0.15) is 0 Å². The summed E-state index contributed by atoms with van der Waals surface area (Å²) in [6, 6.07) is 0.169. The highest BCUT2D eigenvalue weighted by Crippen LogP contribution is 2.43. The van der Waals surface area contributed by atoms with Crippen LogP contribution in [0.1, 0.15) is 48.4 Å². The standard InChI is InChI=1S/C18H25NO3/c1-11-12(2)17-15(13(3)16(11)21-5)8-9-18(4,22-17)10-19(20)14-6-7-14/h10,14H,6-9H2,1-5H3/b19-10-. The summed E-state index contributed by atoms with van der Waals surface area (Å²) >= 11 is 0. The maximum Gasteiger partial charge on any atom is 0.194 e. The monoisotopic (exact) mass is 303 g/mol. The molecule has 0 amide bonds. The van der Waals surface area contributed by atoms with Crippen molar-refractivity contribution in [3.05, 3.63) is 27.5 Å². The van der Waals surface area contributed by atoms with Gasteiger partial charge in [0.25, 0.3) is 0 Å². The number of methoxy groups -OCH3 is 1. The third kappa shape index (κ3) is 2.44. The number of hydrogen-bond donors (Lipinski definition) is 0. The van der Waals surface area contributed by atoms with Gasteiger partial charge in [-0.3, -0.25) is 0 Å². The zero-order valence-electron chi connectivity index (χ0n) is 14.2. The zero-order chi connectivity index (χ0) is 16.1. The van der Waals surface area contributed by atoms with Crippen molar-refractivity contribution < 1.29 is 14.2 Å². The van der Waals surface area contributed by atoms with Gasteiger partial charge in [0.1, 0.15) is 11.5 Å². The molecular formula is C18H25NO3. The molecule has 4 nitrogen and oxygen atoms in total. The molecule has 4 heteroatoms. The van der Waals surface area contributed by atoms with E-state index in [2.05, 4.69) is 20.8 Å². The van der Waals surface area contributed by atoms with Gasteiger partial charge in [0.15, 0.2) is 17.9 Å². The summed E-state index contributed by atoms with van der Waals surface area (Å²) in [5.41, 5.74) is 4.08. The molecule has 0 N–H and O–H groups in total. The van der Waals surface area contributed by atoms with E-state index in [0.29, 0.717) is 0 Å². The van der Waals surface area contributed by atoms with Crippen LogP contribution in [-0.2, 0) is 6.42 Å². The van der Waals surface area contributed by atoms with Gasteiger partial charge >= 0.3 is 0 Å². The predicted octanol–water partition coefficient (Wildman–Crippen LogP) is 3.45. The molecule has 1 fully saturated rings. The van der Waals surface area contributed by atoms with E-state index in [4.69, 9.17) is 9.47 Å². The smallest absolute Gasteiger partial charge is 0.194 e. The van der Waals surface area contributed by atoms with Gasteiger partial charge < -0.3 is 14.7 Å². The largest absolute Gasteiger partial charge is 0.624 e. The Labute approximate surface area is 132 Å². The van der Waals surface area contributed by atoms with E-state index < -0.39 is 5.60 Å². The predicted molar refractivity (Wildman–Crippen MR) is 87.3 cm³/mol. The molecule has 1 saturated carbocycles. The highest BCUT2D eigenvalue weighted by atomic mass is 16.5. The van der Waals surface area contributed by atoms with Crippen molar-refractivity contribution in [3.8, 4) is 11.5 Å². The second-order valence-corrected chi connectivity index (χ2v) is 6.85. The van der Waals surface area contributed by atoms with Crippen molar-refractivity contribution in [3.63, 3.8) is 0 Å². The van der Waals surface area contributed by atoms with Crippen LogP contribution in [0.4, 0.5) is 0 Å². The van der Waals surface area contributed by atoms with Crippen LogP contribution < -0.4 is 9.47 Å². The maximum absolute atomic E-state index is 12.1. The molecule has 120 valence electrons. The van der Waals surface area contributed by atoms with E-state index in [0.717, 1.165) is 58.6 Å². The van der Waals surface area contributed by atoms with Crippen LogP contribution in [0.5, 0.6) is 11.5 Å². The Morgan fingerprint density at radius 3 is 2.50 bits per heavy atom. The lowest BCUT2D eigenvalue weighted by atomic mass is 9.87. The van der Waals surface area contributed by atoms with Gasteiger partial charge in [-0.1, -0.05) is 0 Å². The minimum Gasteiger partial charge on any atom is -0.624 e. The first kappa shape index (κ1) is 15.2. The number of ether oxygens (including phenoxy) is 2. The third-order valence-corrected chi connectivity index (χ3v) is 5.03. The SMILES string of the molecule is COc1c(C)c(C)c2c(c1C)CCC(C)(/C=[N+](\[O-])C1CC1)O2. The lowest BCUT2D eigenvalue weighted by Crippen LogP contribution is -2.41. The minimum atomic E-state index is -0.518. The lowest BCUT2D eigenvalue weighted by molar-refractivity contribution is -0.472. The fraction of sp³-hybridized carbons (Fsp3) is 0.611. The highest BCUT2D eigenvalue weighted by molar-refractivity contribution is 5.67. The fourth-order valence-electron chi connectivity index (χ4n) is 3.35. The number of fused-ring (bicyclic) bond motifs is 1. The van der Waals surface area contributed by atoms with Crippen LogP contribution in [0, 0.1) is 26.0 Å². The topological polar surface area (TPSA) is 44.5 Å². The molecule has 0 bridgehead atoms. The number of benzene rings is 1.